The summed E-state index contributed by atoms with van der Waals surface area (Å²) in [5, 5.41) is 3.62. The second-order valence-corrected chi connectivity index (χ2v) is 13.2. The molecule has 3 aliphatic heterocycles. The highest BCUT2D eigenvalue weighted by Gasteiger charge is 2.36. The summed E-state index contributed by atoms with van der Waals surface area (Å²) in [6.45, 7) is 4.97. The number of nitrogens with zero attached hydrogens (tertiary/aromatic N) is 2. The first-order valence-electron chi connectivity index (χ1n) is 11.2. The van der Waals surface area contributed by atoms with Crippen molar-refractivity contribution in [2.45, 2.75) is 38.6 Å². The summed E-state index contributed by atoms with van der Waals surface area (Å²) in [5.74, 6) is 1.30. The molecule has 8 nitrogen and oxygen atoms in total. The van der Waals surface area contributed by atoms with Gasteiger partial charge in [-0.25, -0.2) is 8.42 Å². The van der Waals surface area contributed by atoms with Gasteiger partial charge >= 0.3 is 0 Å². The van der Waals surface area contributed by atoms with Gasteiger partial charge in [-0.3, -0.25) is 0 Å². The molecule has 3 heterocycles. The Balaban J connectivity index is 1.21. The molecule has 0 bridgehead atoms. The fourth-order valence-corrected chi connectivity index (χ4v) is 7.67. The Labute approximate surface area is 186 Å². The molecule has 1 aromatic rings. The molecule has 1 N–H and O–H groups in total. The summed E-state index contributed by atoms with van der Waals surface area (Å²) < 4.78 is 57.3. The second-order valence-electron chi connectivity index (χ2n) is 8.96. The zero-order valence-corrected chi connectivity index (χ0v) is 19.8. The Morgan fingerprint density at radius 1 is 1.13 bits per heavy atom. The first kappa shape index (κ1) is 23.0. The normalized spacial score (nSPS) is 23.9. The van der Waals surface area contributed by atoms with Crippen LogP contribution in [0.1, 0.15) is 30.9 Å². The molecule has 0 saturated carbocycles. The van der Waals surface area contributed by atoms with Crippen LogP contribution < -0.4 is 10.1 Å². The first-order chi connectivity index (χ1) is 14.7. The molecule has 1 atom stereocenters. The maximum absolute atomic E-state index is 12.8. The highest BCUT2D eigenvalue weighted by Crippen LogP contribution is 2.26. The van der Waals surface area contributed by atoms with Crippen LogP contribution in [0.5, 0.6) is 5.75 Å². The zero-order valence-electron chi connectivity index (χ0n) is 18.1. The monoisotopic (exact) mass is 471 g/mol. The van der Waals surface area contributed by atoms with Gasteiger partial charge in [-0.1, -0.05) is 12.1 Å². The number of piperidine rings is 1. The van der Waals surface area contributed by atoms with Crippen molar-refractivity contribution in [2.24, 2.45) is 5.92 Å². The van der Waals surface area contributed by atoms with Crippen LogP contribution in [-0.2, 0) is 32.9 Å². The van der Waals surface area contributed by atoms with Crippen LogP contribution >= 0.6 is 0 Å². The number of benzene rings is 1. The molecule has 0 spiro atoms. The van der Waals surface area contributed by atoms with Gasteiger partial charge in [0.05, 0.1) is 18.1 Å². The van der Waals surface area contributed by atoms with Crippen LogP contribution in [0.2, 0.25) is 0 Å². The van der Waals surface area contributed by atoms with E-state index < -0.39 is 20.0 Å². The zero-order chi connectivity index (χ0) is 22.1. The topological polar surface area (TPSA) is 96.0 Å². The summed E-state index contributed by atoms with van der Waals surface area (Å²) in [6.07, 6.45) is 3.58. The molecule has 31 heavy (non-hydrogen) atoms. The van der Waals surface area contributed by atoms with Crippen LogP contribution in [0.4, 0.5) is 0 Å². The van der Waals surface area contributed by atoms with Crippen molar-refractivity contribution in [3.63, 3.8) is 0 Å². The van der Waals surface area contributed by atoms with Crippen molar-refractivity contribution in [2.75, 3.05) is 50.8 Å². The van der Waals surface area contributed by atoms with Crippen molar-refractivity contribution in [3.05, 3.63) is 29.3 Å². The van der Waals surface area contributed by atoms with E-state index in [9.17, 15) is 16.8 Å². The molecule has 10 heteroatoms. The average molecular weight is 472 g/mol. The van der Waals surface area contributed by atoms with E-state index in [-0.39, 0.29) is 24.6 Å². The van der Waals surface area contributed by atoms with E-state index in [2.05, 4.69) is 30.4 Å². The molecule has 0 unspecified atom stereocenters. The lowest BCUT2D eigenvalue weighted by atomic mass is 9.97. The summed E-state index contributed by atoms with van der Waals surface area (Å²) in [7, 11) is -6.66. The maximum atomic E-state index is 12.8. The number of sulfone groups is 1. The van der Waals surface area contributed by atoms with Gasteiger partial charge in [-0.15, -0.1) is 0 Å². The maximum Gasteiger partial charge on any atom is 0.282 e. The molecule has 0 aliphatic carbocycles. The minimum atomic E-state index is -3.56. The molecule has 174 valence electrons. The van der Waals surface area contributed by atoms with Gasteiger partial charge in [0.25, 0.3) is 10.2 Å². The van der Waals surface area contributed by atoms with Crippen molar-refractivity contribution in [1.29, 1.82) is 0 Å². The predicted molar refractivity (Wildman–Crippen MR) is 120 cm³/mol. The van der Waals surface area contributed by atoms with Gasteiger partial charge in [0.1, 0.15) is 5.75 Å². The number of hydrogen-bond acceptors (Lipinski definition) is 6. The molecule has 4 rings (SSSR count). The lowest BCUT2D eigenvalue weighted by Crippen LogP contribution is -2.52. The average Bonchev–Trinajstić information content (AvgIpc) is 3.20. The number of rotatable bonds is 7. The Bertz CT molecular complexity index is 974. The van der Waals surface area contributed by atoms with E-state index in [1.807, 2.05) is 0 Å². The van der Waals surface area contributed by atoms with Crippen LogP contribution in [0.15, 0.2) is 18.2 Å². The van der Waals surface area contributed by atoms with Gasteiger partial charge in [-0.05, 0) is 55.8 Å². The number of nitrogens with one attached hydrogen (secondary N) is 1. The summed E-state index contributed by atoms with van der Waals surface area (Å²) in [4.78, 5) is 0. The smallest absolute Gasteiger partial charge is 0.282 e. The third-order valence-corrected chi connectivity index (χ3v) is 10.2. The van der Waals surface area contributed by atoms with E-state index in [0.717, 1.165) is 44.6 Å². The molecule has 3 aliphatic rings. The predicted octanol–water partition coefficient (Wildman–Crippen LogP) is 0.829. The van der Waals surface area contributed by atoms with E-state index in [1.165, 1.54) is 19.7 Å². The van der Waals surface area contributed by atoms with Crippen molar-refractivity contribution < 1.29 is 21.6 Å². The van der Waals surface area contributed by atoms with E-state index >= 15 is 0 Å². The summed E-state index contributed by atoms with van der Waals surface area (Å²) in [6, 6.07) is 6.79. The fourth-order valence-electron chi connectivity index (χ4n) is 4.59. The number of hydrogen-bond donors (Lipinski definition) is 1. The minimum Gasteiger partial charge on any atom is -0.493 e. The molecule has 2 saturated heterocycles. The third kappa shape index (κ3) is 5.60. The summed E-state index contributed by atoms with van der Waals surface area (Å²) >= 11 is 0. The van der Waals surface area contributed by atoms with Crippen LogP contribution in [-0.4, -0.2) is 82.3 Å². The quantitative estimate of drug-likeness (QED) is 0.633. The van der Waals surface area contributed by atoms with Crippen LogP contribution in [0.3, 0.4) is 0 Å². The Morgan fingerprint density at radius 2 is 1.81 bits per heavy atom. The fraction of sp³-hybridized carbons (Fsp3) is 0.714. The first-order valence-corrected chi connectivity index (χ1v) is 14.4. The standard InChI is InChI=1S/C21H33N3O5S2/c1-17(14-19-2-3-21-20(15-19)6-11-29-21)22-16-18-4-7-23(8-5-18)31(27,28)24-9-12-30(25,26)13-10-24/h2-3,15,17-18,22H,4-14,16H2,1H3/t17-/m0/s1. The van der Waals surface area contributed by atoms with E-state index in [4.69, 9.17) is 4.74 Å². The lowest BCUT2D eigenvalue weighted by Gasteiger charge is -2.36. The Morgan fingerprint density at radius 3 is 2.52 bits per heavy atom. The highest BCUT2D eigenvalue weighted by atomic mass is 32.2. The van der Waals surface area contributed by atoms with E-state index in [1.54, 1.807) is 0 Å². The Kier molecular flexibility index (Phi) is 6.93. The van der Waals surface area contributed by atoms with Crippen LogP contribution in [0, 0.1) is 5.92 Å². The SMILES string of the molecule is C[C@@H](Cc1ccc2c(c1)CCO2)NCC1CCN(S(=O)(=O)N2CCS(=O)(=O)CC2)CC1. The van der Waals surface area contributed by atoms with Gasteiger partial charge < -0.3 is 10.1 Å². The molecule has 0 amide bonds. The minimum absolute atomic E-state index is 0.0679. The largest absolute Gasteiger partial charge is 0.493 e. The molecule has 1 aromatic carbocycles. The van der Waals surface area contributed by atoms with Crippen molar-refractivity contribution in [1.82, 2.24) is 13.9 Å². The lowest BCUT2D eigenvalue weighted by molar-refractivity contribution is 0.247. The molecule has 0 radical (unpaired) electrons. The van der Waals surface area contributed by atoms with Gasteiger partial charge in [0.15, 0.2) is 9.84 Å². The number of ether oxygens (including phenoxy) is 1. The van der Waals surface area contributed by atoms with Gasteiger partial charge in [0.2, 0.25) is 0 Å². The molecule has 2 fully saturated rings. The van der Waals surface area contributed by atoms with Crippen molar-refractivity contribution >= 4 is 20.0 Å². The molecular formula is C21H33N3O5S2. The highest BCUT2D eigenvalue weighted by molar-refractivity contribution is 7.91. The molecular weight excluding hydrogens is 438 g/mol. The van der Waals surface area contributed by atoms with Gasteiger partial charge in [-0.2, -0.15) is 17.0 Å². The number of fused-ring (bicyclic) bond motifs is 1. The summed E-state index contributed by atoms with van der Waals surface area (Å²) in [5.41, 5.74) is 2.61. The van der Waals surface area contributed by atoms with Crippen LogP contribution in [0.25, 0.3) is 0 Å². The Hall–Kier alpha value is -1.20. The second kappa shape index (κ2) is 9.35. The van der Waals surface area contributed by atoms with Crippen molar-refractivity contribution in [3.8, 4) is 5.75 Å². The van der Waals surface area contributed by atoms with E-state index in [0.29, 0.717) is 25.0 Å². The third-order valence-electron chi connectivity index (χ3n) is 6.58. The van der Waals surface area contributed by atoms with Gasteiger partial charge in [0, 0.05) is 38.6 Å². The molecule has 0 aromatic heterocycles.